The van der Waals surface area contributed by atoms with Gasteiger partial charge in [-0.25, -0.2) is 18.1 Å². The van der Waals surface area contributed by atoms with Crippen molar-refractivity contribution in [1.29, 1.82) is 0 Å². The van der Waals surface area contributed by atoms with Gasteiger partial charge in [0.1, 0.15) is 0 Å². The van der Waals surface area contributed by atoms with E-state index in [0.717, 1.165) is 17.7 Å². The molecule has 2 aromatic rings. The zero-order valence-corrected chi connectivity index (χ0v) is 16.9. The van der Waals surface area contributed by atoms with Crippen LogP contribution in [-0.4, -0.2) is 34.0 Å². The molecule has 7 heteroatoms. The molecule has 0 fully saturated rings. The maximum Gasteiger partial charge on any atom is 0.240 e. The van der Waals surface area contributed by atoms with Crippen LogP contribution in [0.25, 0.3) is 0 Å². The molecule has 0 saturated heterocycles. The molecular weight excluding hydrogens is 360 g/mol. The van der Waals surface area contributed by atoms with Crippen LogP contribution in [-0.2, 0) is 16.6 Å². The monoisotopic (exact) mass is 388 g/mol. The van der Waals surface area contributed by atoms with Crippen LogP contribution in [0, 0.1) is 13.8 Å². The number of guanidine groups is 1. The van der Waals surface area contributed by atoms with Crippen LogP contribution in [0.15, 0.2) is 58.4 Å². The minimum absolute atomic E-state index is 0.269. The highest BCUT2D eigenvalue weighted by atomic mass is 32.2. The Balaban J connectivity index is 1.87. The van der Waals surface area contributed by atoms with Crippen LogP contribution in [0.5, 0.6) is 0 Å². The SMILES string of the molecule is CCNC(=NCc1ccccc1C)NCCNS(=O)(=O)c1ccc(C)cc1. The molecule has 0 amide bonds. The summed E-state index contributed by atoms with van der Waals surface area (Å²) in [6.45, 7) is 7.98. The van der Waals surface area contributed by atoms with E-state index < -0.39 is 10.0 Å². The van der Waals surface area contributed by atoms with Crippen LogP contribution in [0.2, 0.25) is 0 Å². The lowest BCUT2D eigenvalue weighted by molar-refractivity contribution is 0.580. The summed E-state index contributed by atoms with van der Waals surface area (Å²) in [5.41, 5.74) is 3.38. The molecule has 0 aromatic heterocycles. The van der Waals surface area contributed by atoms with Crippen LogP contribution in [0.3, 0.4) is 0 Å². The van der Waals surface area contributed by atoms with Crippen LogP contribution in [0.1, 0.15) is 23.6 Å². The van der Waals surface area contributed by atoms with E-state index in [1.165, 1.54) is 5.56 Å². The molecule has 0 aliphatic heterocycles. The van der Waals surface area contributed by atoms with E-state index in [9.17, 15) is 8.42 Å². The van der Waals surface area contributed by atoms with Crippen molar-refractivity contribution in [1.82, 2.24) is 15.4 Å². The fourth-order valence-corrected chi connectivity index (χ4v) is 3.49. The number of rotatable bonds is 8. The third kappa shape index (κ3) is 6.69. The first-order valence-electron chi connectivity index (χ1n) is 9.05. The van der Waals surface area contributed by atoms with Gasteiger partial charge in [-0.2, -0.15) is 0 Å². The molecule has 0 saturated carbocycles. The van der Waals surface area contributed by atoms with Gasteiger partial charge in [-0.05, 0) is 44.0 Å². The molecule has 0 bridgehead atoms. The Morgan fingerprint density at radius 1 is 0.963 bits per heavy atom. The highest BCUT2D eigenvalue weighted by Gasteiger charge is 2.12. The Bertz CT molecular complexity index is 862. The van der Waals surface area contributed by atoms with Crippen LogP contribution < -0.4 is 15.4 Å². The fraction of sp³-hybridized carbons (Fsp3) is 0.350. The smallest absolute Gasteiger partial charge is 0.240 e. The van der Waals surface area contributed by atoms with Gasteiger partial charge in [0.25, 0.3) is 0 Å². The summed E-state index contributed by atoms with van der Waals surface area (Å²) in [6, 6.07) is 14.9. The van der Waals surface area contributed by atoms with Crippen LogP contribution in [0.4, 0.5) is 0 Å². The zero-order chi connectivity index (χ0) is 19.7. The van der Waals surface area contributed by atoms with Gasteiger partial charge in [0.05, 0.1) is 11.4 Å². The molecule has 0 aliphatic carbocycles. The van der Waals surface area contributed by atoms with Crippen molar-refractivity contribution in [3.05, 3.63) is 65.2 Å². The molecular formula is C20H28N4O2S. The minimum atomic E-state index is -3.50. The van der Waals surface area contributed by atoms with Crippen molar-refractivity contribution in [2.45, 2.75) is 32.2 Å². The summed E-state index contributed by atoms with van der Waals surface area (Å²) in [4.78, 5) is 4.84. The molecule has 146 valence electrons. The topological polar surface area (TPSA) is 82.6 Å². The number of aliphatic imine (C=N–C) groups is 1. The Hall–Kier alpha value is -2.38. The predicted molar refractivity (Wildman–Crippen MR) is 110 cm³/mol. The highest BCUT2D eigenvalue weighted by Crippen LogP contribution is 2.09. The van der Waals surface area contributed by atoms with Crippen molar-refractivity contribution in [2.24, 2.45) is 4.99 Å². The van der Waals surface area contributed by atoms with Crippen molar-refractivity contribution in [2.75, 3.05) is 19.6 Å². The molecule has 2 rings (SSSR count). The van der Waals surface area contributed by atoms with E-state index in [-0.39, 0.29) is 11.4 Å². The van der Waals surface area contributed by atoms with Gasteiger partial charge in [0, 0.05) is 19.6 Å². The normalized spacial score (nSPS) is 12.0. The maximum atomic E-state index is 12.3. The average Bonchev–Trinajstić information content (AvgIpc) is 2.64. The van der Waals surface area contributed by atoms with Gasteiger partial charge in [-0.15, -0.1) is 0 Å². The first-order valence-corrected chi connectivity index (χ1v) is 10.5. The number of nitrogens with zero attached hydrogens (tertiary/aromatic N) is 1. The molecule has 2 aromatic carbocycles. The summed E-state index contributed by atoms with van der Waals surface area (Å²) < 4.78 is 27.2. The molecule has 3 N–H and O–H groups in total. The number of sulfonamides is 1. The summed E-state index contributed by atoms with van der Waals surface area (Å²) in [6.07, 6.45) is 0. The molecule has 27 heavy (non-hydrogen) atoms. The summed E-state index contributed by atoms with van der Waals surface area (Å²) in [7, 11) is -3.50. The Morgan fingerprint density at radius 3 is 2.33 bits per heavy atom. The maximum absolute atomic E-state index is 12.3. The summed E-state index contributed by atoms with van der Waals surface area (Å²) in [5.74, 6) is 0.662. The van der Waals surface area contributed by atoms with E-state index in [2.05, 4.69) is 39.4 Å². The highest BCUT2D eigenvalue weighted by molar-refractivity contribution is 7.89. The molecule has 0 aliphatic rings. The number of nitrogens with one attached hydrogen (secondary N) is 3. The Kier molecular flexibility index (Phi) is 7.82. The number of benzene rings is 2. The van der Waals surface area contributed by atoms with E-state index >= 15 is 0 Å². The third-order valence-electron chi connectivity index (χ3n) is 4.05. The zero-order valence-electron chi connectivity index (χ0n) is 16.1. The van der Waals surface area contributed by atoms with Crippen molar-refractivity contribution in [3.63, 3.8) is 0 Å². The fourth-order valence-electron chi connectivity index (χ4n) is 2.46. The van der Waals surface area contributed by atoms with Gasteiger partial charge in [-0.3, -0.25) is 0 Å². The van der Waals surface area contributed by atoms with Gasteiger partial charge in [0.2, 0.25) is 10.0 Å². The number of aryl methyl sites for hydroxylation is 2. The number of hydrogen-bond donors (Lipinski definition) is 3. The van der Waals surface area contributed by atoms with E-state index in [0.29, 0.717) is 19.0 Å². The molecule has 0 unspecified atom stereocenters. The quantitative estimate of drug-likeness (QED) is 0.368. The predicted octanol–water partition coefficient (Wildman–Crippen LogP) is 2.34. The van der Waals surface area contributed by atoms with Gasteiger partial charge >= 0.3 is 0 Å². The minimum Gasteiger partial charge on any atom is -0.357 e. The van der Waals surface area contributed by atoms with Gasteiger partial charge < -0.3 is 10.6 Å². The molecule has 0 heterocycles. The van der Waals surface area contributed by atoms with Gasteiger partial charge in [-0.1, -0.05) is 42.0 Å². The van der Waals surface area contributed by atoms with E-state index in [1.54, 1.807) is 24.3 Å². The molecule has 0 atom stereocenters. The lowest BCUT2D eigenvalue weighted by Gasteiger charge is -2.12. The molecule has 0 spiro atoms. The lowest BCUT2D eigenvalue weighted by atomic mass is 10.1. The summed E-state index contributed by atoms with van der Waals surface area (Å²) in [5, 5.41) is 6.33. The second-order valence-corrected chi connectivity index (χ2v) is 8.03. The first-order chi connectivity index (χ1) is 12.9. The largest absolute Gasteiger partial charge is 0.357 e. The lowest BCUT2D eigenvalue weighted by Crippen LogP contribution is -2.41. The second-order valence-electron chi connectivity index (χ2n) is 6.26. The number of hydrogen-bond acceptors (Lipinski definition) is 3. The third-order valence-corrected chi connectivity index (χ3v) is 5.53. The molecule has 6 nitrogen and oxygen atoms in total. The Morgan fingerprint density at radius 2 is 1.67 bits per heavy atom. The van der Waals surface area contributed by atoms with Crippen LogP contribution >= 0.6 is 0 Å². The Labute approximate surface area is 162 Å². The average molecular weight is 389 g/mol. The first kappa shape index (κ1) is 20.9. The van der Waals surface area contributed by atoms with Gasteiger partial charge in [0.15, 0.2) is 5.96 Å². The van der Waals surface area contributed by atoms with Crippen molar-refractivity contribution < 1.29 is 8.42 Å². The van der Waals surface area contributed by atoms with Crippen molar-refractivity contribution in [3.8, 4) is 0 Å². The summed E-state index contributed by atoms with van der Waals surface area (Å²) >= 11 is 0. The van der Waals surface area contributed by atoms with Crippen molar-refractivity contribution >= 4 is 16.0 Å². The molecule has 0 radical (unpaired) electrons. The standard InChI is InChI=1S/C20H28N4O2S/c1-4-21-20(23-15-18-8-6-5-7-17(18)3)22-13-14-24-27(25,26)19-11-9-16(2)10-12-19/h5-12,24H,4,13-15H2,1-3H3,(H2,21,22,23). The van der Waals surface area contributed by atoms with E-state index in [1.807, 2.05) is 26.0 Å². The second kappa shape index (κ2) is 10.1. The van der Waals surface area contributed by atoms with E-state index in [4.69, 9.17) is 0 Å².